The van der Waals surface area contributed by atoms with Crippen LogP contribution in [0.15, 0.2) is 12.1 Å². The van der Waals surface area contributed by atoms with Gasteiger partial charge >= 0.3 is 171 Å². The zero-order valence-electron chi connectivity index (χ0n) is 17.0. The predicted octanol–water partition coefficient (Wildman–Crippen LogP) is 6.27. The van der Waals surface area contributed by atoms with Crippen LogP contribution < -0.4 is 0 Å². The third kappa shape index (κ3) is 2.43. The minimum absolute atomic E-state index is 0.651. The van der Waals surface area contributed by atoms with Crippen LogP contribution in [0, 0.1) is 42.4 Å². The molecule has 8 aliphatic carbocycles. The van der Waals surface area contributed by atoms with E-state index in [-0.39, 0.29) is 0 Å². The molecule has 8 fully saturated rings. The van der Waals surface area contributed by atoms with Gasteiger partial charge in [-0.2, -0.15) is 0 Å². The van der Waals surface area contributed by atoms with Crippen LogP contribution in [0.5, 0.6) is 0 Å². The van der Waals surface area contributed by atoms with Crippen molar-refractivity contribution in [3.8, 4) is 0 Å². The van der Waals surface area contributed by atoms with Gasteiger partial charge in [-0.15, -0.1) is 0 Å². The van der Waals surface area contributed by atoms with Crippen LogP contribution in [0.25, 0.3) is 0 Å². The fourth-order valence-corrected chi connectivity index (χ4v) is 13.5. The van der Waals surface area contributed by atoms with E-state index in [2.05, 4.69) is 19.1 Å². The van der Waals surface area contributed by atoms with Gasteiger partial charge in [-0.3, -0.25) is 0 Å². The molecule has 0 amide bonds. The second-order valence-corrected chi connectivity index (χ2v) is 14.5. The zero-order valence-corrected chi connectivity index (χ0v) is 18.7. The van der Waals surface area contributed by atoms with Crippen molar-refractivity contribution in [3.05, 3.63) is 26.6 Å². The van der Waals surface area contributed by atoms with Crippen LogP contribution in [-0.2, 0) is 10.8 Å². The van der Waals surface area contributed by atoms with Crippen molar-refractivity contribution in [2.24, 2.45) is 35.5 Å². The van der Waals surface area contributed by atoms with E-state index < -0.39 is 0 Å². The van der Waals surface area contributed by atoms with Crippen LogP contribution >= 0.6 is 0 Å². The van der Waals surface area contributed by atoms with Crippen LogP contribution in [0.4, 0.5) is 0 Å². The number of rotatable bonds is 2. The molecule has 0 unspecified atom stereocenters. The van der Waals surface area contributed by atoms with E-state index in [9.17, 15) is 0 Å². The van der Waals surface area contributed by atoms with Gasteiger partial charge in [-0.05, 0) is 0 Å². The summed E-state index contributed by atoms with van der Waals surface area (Å²) in [6, 6.07) is 5.41. The Morgan fingerprint density at radius 3 is 1.19 bits per heavy atom. The maximum absolute atomic E-state index is 2.71. The Morgan fingerprint density at radius 1 is 0.593 bits per heavy atom. The van der Waals surface area contributed by atoms with E-state index in [0.717, 1.165) is 35.5 Å². The first-order chi connectivity index (χ1) is 13.1. The summed E-state index contributed by atoms with van der Waals surface area (Å²) < 4.78 is 3.94. The molecule has 0 N–H and O–H groups in total. The quantitative estimate of drug-likeness (QED) is 0.489. The van der Waals surface area contributed by atoms with Crippen LogP contribution in [0.1, 0.15) is 91.5 Å². The number of hydrogen-bond acceptors (Lipinski definition) is 0. The van der Waals surface area contributed by atoms with Crippen molar-refractivity contribution >= 4 is 14.5 Å². The average Bonchev–Trinajstić information content (AvgIpc) is 2.59. The molecule has 144 valence electrons. The summed E-state index contributed by atoms with van der Waals surface area (Å²) in [6.45, 7) is 2.43. The van der Waals surface area contributed by atoms with E-state index >= 15 is 0 Å². The summed E-state index contributed by atoms with van der Waals surface area (Å²) >= 11 is 0.664. The number of hydrogen-bond donors (Lipinski definition) is 0. The summed E-state index contributed by atoms with van der Waals surface area (Å²) in [5.74, 6) is 6.51. The van der Waals surface area contributed by atoms with Crippen LogP contribution in [-0.4, -0.2) is 14.5 Å². The van der Waals surface area contributed by atoms with Gasteiger partial charge in [0.1, 0.15) is 0 Å². The van der Waals surface area contributed by atoms with E-state index in [1.54, 1.807) is 82.6 Å². The third-order valence-corrected chi connectivity index (χ3v) is 13.3. The normalized spacial score (nSPS) is 51.9. The topological polar surface area (TPSA) is 0 Å². The molecule has 8 saturated carbocycles. The Labute approximate surface area is 171 Å². The molecule has 27 heavy (non-hydrogen) atoms. The van der Waals surface area contributed by atoms with E-state index in [1.165, 1.54) is 0 Å². The van der Waals surface area contributed by atoms with E-state index in [4.69, 9.17) is 0 Å². The molecule has 9 rings (SSSR count). The molecular weight excluding hydrogens is 391 g/mol. The van der Waals surface area contributed by atoms with Crippen LogP contribution in [0.3, 0.4) is 0 Å². The molecule has 0 saturated heterocycles. The first-order valence-electron chi connectivity index (χ1n) is 12.0. The van der Waals surface area contributed by atoms with Gasteiger partial charge in [-0.25, -0.2) is 0 Å². The van der Waals surface area contributed by atoms with Crippen molar-refractivity contribution in [3.63, 3.8) is 0 Å². The first kappa shape index (κ1) is 16.6. The van der Waals surface area contributed by atoms with Gasteiger partial charge in [0.25, 0.3) is 0 Å². The summed E-state index contributed by atoms with van der Waals surface area (Å²) in [7, 11) is 0. The van der Waals surface area contributed by atoms with Gasteiger partial charge in [0, 0.05) is 0 Å². The van der Waals surface area contributed by atoms with Gasteiger partial charge < -0.3 is 0 Å². The fourth-order valence-electron chi connectivity index (χ4n) is 9.98. The molecule has 8 aliphatic rings. The Hall–Kier alpha value is -0.131. The predicted molar refractivity (Wildman–Crippen MR) is 112 cm³/mol. The molecule has 0 aromatic carbocycles. The van der Waals surface area contributed by atoms with Crippen molar-refractivity contribution < 1.29 is 0 Å². The molecule has 1 heteroatoms. The van der Waals surface area contributed by atoms with Gasteiger partial charge in [0.2, 0.25) is 0 Å². The van der Waals surface area contributed by atoms with Crippen molar-refractivity contribution in [2.75, 3.05) is 0 Å². The fraction of sp³-hybridized carbons (Fsp3) is 0.808. The minimum atomic E-state index is 0.651. The molecule has 0 aliphatic heterocycles. The standard InChI is InChI=1S/C26H35Se/c1-16-2-23(25-10-17-4-18(11-25)6-19(5-17)12-25)27-24(3-16)26-13-20-7-21(14-26)9-22(8-20)15-26/h2-3,17-22H,4-15H2,1H3/q+1. The zero-order chi connectivity index (χ0) is 17.8. The van der Waals surface area contributed by atoms with Crippen LogP contribution in [0.2, 0.25) is 0 Å². The Balaban J connectivity index is 1.31. The SMILES string of the molecule is Cc1cc(C23CC4CC(CC(C4)C2)C3)[se+]c(C23CC4CC(CC(C4)C2)C3)c1. The van der Waals surface area contributed by atoms with E-state index in [0.29, 0.717) is 25.3 Å². The molecule has 0 spiro atoms. The third-order valence-electron chi connectivity index (χ3n) is 10.1. The second kappa shape index (κ2) is 5.51. The average molecular weight is 427 g/mol. The summed E-state index contributed by atoms with van der Waals surface area (Å²) in [4.78, 5) is 0. The van der Waals surface area contributed by atoms with Crippen molar-refractivity contribution in [1.82, 2.24) is 0 Å². The molecule has 0 nitrogen and oxygen atoms in total. The Kier molecular flexibility index (Phi) is 3.40. The van der Waals surface area contributed by atoms with Gasteiger partial charge in [-0.1, -0.05) is 0 Å². The summed E-state index contributed by atoms with van der Waals surface area (Å²) in [5.41, 5.74) is 2.91. The van der Waals surface area contributed by atoms with Crippen molar-refractivity contribution in [2.45, 2.75) is 94.8 Å². The van der Waals surface area contributed by atoms with Gasteiger partial charge in [0.15, 0.2) is 0 Å². The Bertz CT molecular complexity index is 657. The van der Waals surface area contributed by atoms with Gasteiger partial charge in [0.05, 0.1) is 0 Å². The second-order valence-electron chi connectivity index (χ2n) is 12.3. The Morgan fingerprint density at radius 2 is 0.889 bits per heavy atom. The summed E-state index contributed by atoms with van der Waals surface area (Å²) in [6.07, 6.45) is 18.9. The monoisotopic (exact) mass is 427 g/mol. The maximum atomic E-state index is 2.71. The van der Waals surface area contributed by atoms with Crippen molar-refractivity contribution in [1.29, 1.82) is 0 Å². The van der Waals surface area contributed by atoms with E-state index in [1.807, 2.05) is 8.87 Å². The molecular formula is C26H35Se+. The molecule has 0 radical (unpaired) electrons. The molecule has 0 atom stereocenters. The molecule has 1 heterocycles. The molecule has 1 aromatic rings. The molecule has 8 bridgehead atoms. The summed E-state index contributed by atoms with van der Waals surface area (Å²) in [5, 5.41) is 0. The number of aryl methyl sites for hydroxylation is 1. The molecule has 1 aromatic heterocycles. The first-order valence-corrected chi connectivity index (χ1v) is 13.7.